The van der Waals surface area contributed by atoms with Gasteiger partial charge in [0.25, 0.3) is 5.91 Å². The highest BCUT2D eigenvalue weighted by Gasteiger charge is 2.10. The summed E-state index contributed by atoms with van der Waals surface area (Å²) >= 11 is 0. The number of rotatable bonds is 5. The van der Waals surface area contributed by atoms with Crippen LogP contribution >= 0.6 is 0 Å². The van der Waals surface area contributed by atoms with E-state index in [1.54, 1.807) is 24.0 Å². The van der Waals surface area contributed by atoms with E-state index in [-0.39, 0.29) is 5.91 Å². The number of anilines is 1. The lowest BCUT2D eigenvalue weighted by Gasteiger charge is -2.07. The second-order valence-electron chi connectivity index (χ2n) is 4.31. The van der Waals surface area contributed by atoms with Crippen molar-refractivity contribution in [3.8, 4) is 5.82 Å². The van der Waals surface area contributed by atoms with Gasteiger partial charge >= 0.3 is 0 Å². The van der Waals surface area contributed by atoms with Gasteiger partial charge in [-0.2, -0.15) is 5.10 Å². The van der Waals surface area contributed by atoms with Crippen molar-refractivity contribution in [3.63, 3.8) is 0 Å². The van der Waals surface area contributed by atoms with Gasteiger partial charge in [-0.15, -0.1) is 0 Å². The first-order chi connectivity index (χ1) is 9.63. The molecule has 0 radical (unpaired) electrons. The normalized spacial score (nSPS) is 10.3. The molecular weight excluding hydrogens is 256 g/mol. The molecule has 0 fully saturated rings. The van der Waals surface area contributed by atoms with Crippen molar-refractivity contribution in [2.24, 2.45) is 0 Å². The van der Waals surface area contributed by atoms with Crippen LogP contribution in [0.4, 0.5) is 5.82 Å². The summed E-state index contributed by atoms with van der Waals surface area (Å²) in [4.78, 5) is 20.1. The summed E-state index contributed by atoms with van der Waals surface area (Å²) in [6.07, 6.45) is 2.72. The first-order valence-electron chi connectivity index (χ1n) is 6.51. The SMILES string of the molecule is CCCNc1cc(-n2ccc(C(=O)NC)n2)nc(C)n1. The number of nitrogens with one attached hydrogen (secondary N) is 2. The minimum Gasteiger partial charge on any atom is -0.370 e. The van der Waals surface area contributed by atoms with Crippen LogP contribution in [0.25, 0.3) is 5.82 Å². The second kappa shape index (κ2) is 6.14. The van der Waals surface area contributed by atoms with Gasteiger partial charge in [0, 0.05) is 25.9 Å². The smallest absolute Gasteiger partial charge is 0.271 e. The minimum atomic E-state index is -0.223. The second-order valence-corrected chi connectivity index (χ2v) is 4.31. The predicted octanol–water partition coefficient (Wildman–Crippen LogP) is 1.15. The predicted molar refractivity (Wildman–Crippen MR) is 76.1 cm³/mol. The average Bonchev–Trinajstić information content (AvgIpc) is 2.93. The first-order valence-corrected chi connectivity index (χ1v) is 6.51. The van der Waals surface area contributed by atoms with Crippen LogP contribution in [0.1, 0.15) is 29.7 Å². The maximum absolute atomic E-state index is 11.5. The molecule has 2 aromatic heterocycles. The van der Waals surface area contributed by atoms with Gasteiger partial charge in [0.2, 0.25) is 0 Å². The number of nitrogens with zero attached hydrogens (tertiary/aromatic N) is 4. The number of aromatic nitrogens is 4. The molecule has 0 unspecified atom stereocenters. The van der Waals surface area contributed by atoms with E-state index < -0.39 is 0 Å². The molecule has 2 aromatic rings. The maximum atomic E-state index is 11.5. The maximum Gasteiger partial charge on any atom is 0.271 e. The minimum absolute atomic E-state index is 0.223. The molecule has 7 nitrogen and oxygen atoms in total. The van der Waals surface area contributed by atoms with Crippen LogP contribution in [0.15, 0.2) is 18.3 Å². The highest BCUT2D eigenvalue weighted by atomic mass is 16.1. The summed E-state index contributed by atoms with van der Waals surface area (Å²) in [5.41, 5.74) is 0.354. The summed E-state index contributed by atoms with van der Waals surface area (Å²) in [5, 5.41) is 9.95. The molecule has 0 aliphatic rings. The van der Waals surface area contributed by atoms with Gasteiger partial charge in [0.15, 0.2) is 11.5 Å². The summed E-state index contributed by atoms with van der Waals surface area (Å²) in [6.45, 7) is 4.76. The molecule has 0 bridgehead atoms. The molecule has 1 amide bonds. The Hall–Kier alpha value is -2.44. The van der Waals surface area contributed by atoms with E-state index in [0.29, 0.717) is 17.3 Å². The lowest BCUT2D eigenvalue weighted by Crippen LogP contribution is -2.18. The molecule has 106 valence electrons. The van der Waals surface area contributed by atoms with Gasteiger partial charge in [-0.25, -0.2) is 14.6 Å². The van der Waals surface area contributed by atoms with E-state index in [9.17, 15) is 4.79 Å². The molecule has 0 aromatic carbocycles. The fraction of sp³-hybridized carbons (Fsp3) is 0.385. The van der Waals surface area contributed by atoms with Gasteiger partial charge in [0.1, 0.15) is 11.6 Å². The van der Waals surface area contributed by atoms with Crippen LogP contribution in [0.2, 0.25) is 0 Å². The van der Waals surface area contributed by atoms with Crippen LogP contribution in [-0.2, 0) is 0 Å². The number of hydrogen-bond donors (Lipinski definition) is 2. The Balaban J connectivity index is 2.29. The molecule has 0 aliphatic carbocycles. The van der Waals surface area contributed by atoms with Crippen LogP contribution in [-0.4, -0.2) is 39.2 Å². The highest BCUT2D eigenvalue weighted by Crippen LogP contribution is 2.11. The number of carbonyl (C=O) groups is 1. The Morgan fingerprint density at radius 1 is 1.40 bits per heavy atom. The third-order valence-electron chi connectivity index (χ3n) is 2.66. The number of carbonyl (C=O) groups excluding carboxylic acids is 1. The van der Waals surface area contributed by atoms with E-state index in [0.717, 1.165) is 18.8 Å². The van der Waals surface area contributed by atoms with Gasteiger partial charge in [-0.1, -0.05) is 6.92 Å². The zero-order chi connectivity index (χ0) is 14.5. The van der Waals surface area contributed by atoms with E-state index >= 15 is 0 Å². The summed E-state index contributed by atoms with van der Waals surface area (Å²) in [7, 11) is 1.57. The molecule has 0 aliphatic heterocycles. The fourth-order valence-electron chi connectivity index (χ4n) is 1.71. The van der Waals surface area contributed by atoms with E-state index in [1.807, 2.05) is 13.0 Å². The Morgan fingerprint density at radius 3 is 2.90 bits per heavy atom. The quantitative estimate of drug-likeness (QED) is 0.854. The number of hydrogen-bond acceptors (Lipinski definition) is 5. The monoisotopic (exact) mass is 274 g/mol. The van der Waals surface area contributed by atoms with Crippen molar-refractivity contribution in [3.05, 3.63) is 29.8 Å². The molecule has 20 heavy (non-hydrogen) atoms. The summed E-state index contributed by atoms with van der Waals surface area (Å²) < 4.78 is 1.57. The molecule has 0 atom stereocenters. The molecule has 0 saturated heterocycles. The topological polar surface area (TPSA) is 84.7 Å². The van der Waals surface area contributed by atoms with E-state index in [1.165, 1.54) is 0 Å². The number of aryl methyl sites for hydroxylation is 1. The van der Waals surface area contributed by atoms with Crippen LogP contribution in [0.5, 0.6) is 0 Å². The lowest BCUT2D eigenvalue weighted by atomic mass is 10.4. The van der Waals surface area contributed by atoms with E-state index in [4.69, 9.17) is 0 Å². The molecular formula is C13H18N6O. The lowest BCUT2D eigenvalue weighted by molar-refractivity contribution is 0.0957. The van der Waals surface area contributed by atoms with Crippen molar-refractivity contribution in [2.45, 2.75) is 20.3 Å². The molecule has 2 rings (SSSR count). The molecule has 2 heterocycles. The van der Waals surface area contributed by atoms with Crippen LogP contribution in [0.3, 0.4) is 0 Å². The zero-order valence-electron chi connectivity index (χ0n) is 11.8. The largest absolute Gasteiger partial charge is 0.370 e. The summed E-state index contributed by atoms with van der Waals surface area (Å²) in [5.74, 6) is 1.81. The zero-order valence-corrected chi connectivity index (χ0v) is 11.8. The Morgan fingerprint density at radius 2 is 2.20 bits per heavy atom. The molecule has 2 N–H and O–H groups in total. The van der Waals surface area contributed by atoms with Crippen molar-refractivity contribution >= 4 is 11.7 Å². The molecule has 7 heteroatoms. The van der Waals surface area contributed by atoms with Gasteiger partial charge in [0.05, 0.1) is 0 Å². The van der Waals surface area contributed by atoms with Gasteiger partial charge < -0.3 is 10.6 Å². The Kier molecular flexibility index (Phi) is 4.29. The number of amides is 1. The molecule has 0 saturated carbocycles. The fourth-order valence-corrected chi connectivity index (χ4v) is 1.71. The third kappa shape index (κ3) is 3.11. The van der Waals surface area contributed by atoms with Crippen molar-refractivity contribution < 1.29 is 4.79 Å². The first kappa shape index (κ1) is 14.0. The standard InChI is InChI=1S/C13H18N6O/c1-4-6-15-11-8-12(17-9(2)16-11)19-7-5-10(18-19)13(20)14-3/h5,7-8H,4,6H2,1-3H3,(H,14,20)(H,15,16,17). The van der Waals surface area contributed by atoms with Gasteiger partial charge in [-0.05, 0) is 19.4 Å². The third-order valence-corrected chi connectivity index (χ3v) is 2.66. The summed E-state index contributed by atoms with van der Waals surface area (Å²) in [6, 6.07) is 3.46. The van der Waals surface area contributed by atoms with E-state index in [2.05, 4.69) is 32.6 Å². The van der Waals surface area contributed by atoms with Crippen LogP contribution < -0.4 is 10.6 Å². The van der Waals surface area contributed by atoms with Crippen molar-refractivity contribution in [2.75, 3.05) is 18.9 Å². The van der Waals surface area contributed by atoms with Crippen molar-refractivity contribution in [1.29, 1.82) is 0 Å². The Bertz CT molecular complexity index is 607. The van der Waals surface area contributed by atoms with Crippen molar-refractivity contribution in [1.82, 2.24) is 25.1 Å². The highest BCUT2D eigenvalue weighted by molar-refractivity contribution is 5.91. The van der Waals surface area contributed by atoms with Crippen LogP contribution in [0, 0.1) is 6.92 Å². The molecule has 0 spiro atoms. The Labute approximate surface area is 117 Å². The van der Waals surface area contributed by atoms with Gasteiger partial charge in [-0.3, -0.25) is 4.79 Å². The average molecular weight is 274 g/mol.